The summed E-state index contributed by atoms with van der Waals surface area (Å²) in [4.78, 5) is 36.3. The first kappa shape index (κ1) is 21.7. The molecule has 1 unspecified atom stereocenters. The molecule has 166 valence electrons. The first-order valence-corrected chi connectivity index (χ1v) is 11.1. The molecule has 1 aliphatic rings. The molecule has 1 atom stereocenters. The van der Waals surface area contributed by atoms with Crippen molar-refractivity contribution in [1.82, 2.24) is 14.9 Å². The number of benzene rings is 1. The molecule has 1 fully saturated rings. The number of nitrogens with one attached hydrogen (secondary N) is 1. The average molecular weight is 433 g/mol. The number of carbonyl (C=O) groups is 2. The molecular formula is C25H28N4O3. The molecule has 0 bridgehead atoms. The third-order valence-corrected chi connectivity index (χ3v) is 5.71. The fourth-order valence-corrected chi connectivity index (χ4v) is 4.06. The lowest BCUT2D eigenvalue weighted by Crippen LogP contribution is -2.39. The molecule has 0 aliphatic carbocycles. The fourth-order valence-electron chi connectivity index (χ4n) is 4.06. The van der Waals surface area contributed by atoms with Crippen LogP contribution in [-0.2, 0) is 4.74 Å². The van der Waals surface area contributed by atoms with Gasteiger partial charge in [0.15, 0.2) is 5.65 Å². The Labute approximate surface area is 187 Å². The number of rotatable bonds is 5. The Balaban J connectivity index is 1.71. The average Bonchev–Trinajstić information content (AvgIpc) is 2.79. The first-order valence-electron chi connectivity index (χ1n) is 11.1. The summed E-state index contributed by atoms with van der Waals surface area (Å²) >= 11 is 0. The fraction of sp³-hybridized carbons (Fsp3) is 0.360. The van der Waals surface area contributed by atoms with Gasteiger partial charge in [0, 0.05) is 36.1 Å². The maximum absolute atomic E-state index is 13.4. The summed E-state index contributed by atoms with van der Waals surface area (Å²) in [5.74, 6) is 0.0950. The van der Waals surface area contributed by atoms with E-state index < -0.39 is 0 Å². The highest BCUT2D eigenvalue weighted by atomic mass is 16.5. The van der Waals surface area contributed by atoms with Crippen LogP contribution in [0.1, 0.15) is 53.1 Å². The summed E-state index contributed by atoms with van der Waals surface area (Å²) in [6, 6.07) is 10.9. The molecule has 1 aromatic carbocycles. The van der Waals surface area contributed by atoms with E-state index in [0.29, 0.717) is 35.0 Å². The number of hydrogen-bond acceptors (Lipinski definition) is 6. The van der Waals surface area contributed by atoms with Crippen molar-refractivity contribution in [1.29, 1.82) is 0 Å². The Bertz CT molecular complexity index is 1140. The number of ether oxygens (including phenoxy) is 1. The Morgan fingerprint density at radius 3 is 2.69 bits per heavy atom. The second-order valence-electron chi connectivity index (χ2n) is 8.29. The van der Waals surface area contributed by atoms with Crippen molar-refractivity contribution in [3.05, 3.63) is 59.4 Å². The van der Waals surface area contributed by atoms with Crippen LogP contribution in [0.5, 0.6) is 0 Å². The van der Waals surface area contributed by atoms with Gasteiger partial charge in [0.2, 0.25) is 0 Å². The molecular weight excluding hydrogens is 404 g/mol. The number of aromatic nitrogens is 2. The highest BCUT2D eigenvalue weighted by Gasteiger charge is 2.25. The lowest BCUT2D eigenvalue weighted by atomic mass is 9.99. The lowest BCUT2D eigenvalue weighted by Gasteiger charge is -2.31. The van der Waals surface area contributed by atoms with Crippen LogP contribution in [0.15, 0.2) is 42.6 Å². The normalized spacial score (nSPS) is 16.1. The van der Waals surface area contributed by atoms with Crippen LogP contribution in [0.3, 0.4) is 0 Å². The first-order chi connectivity index (χ1) is 15.5. The topological polar surface area (TPSA) is 84.4 Å². The molecule has 0 radical (unpaired) electrons. The van der Waals surface area contributed by atoms with E-state index in [1.165, 1.54) is 0 Å². The summed E-state index contributed by atoms with van der Waals surface area (Å²) in [7, 11) is 0. The van der Waals surface area contributed by atoms with E-state index in [1.54, 1.807) is 37.4 Å². The Hall–Kier alpha value is -3.48. The number of pyridine rings is 2. The number of likely N-dealkylation sites (tertiary alicyclic amines) is 1. The minimum atomic E-state index is -0.358. The van der Waals surface area contributed by atoms with Gasteiger partial charge in [-0.05, 0) is 69.0 Å². The molecule has 3 aromatic rings. The van der Waals surface area contributed by atoms with Gasteiger partial charge in [-0.1, -0.05) is 6.92 Å². The van der Waals surface area contributed by atoms with E-state index >= 15 is 0 Å². The molecule has 32 heavy (non-hydrogen) atoms. The number of piperidine rings is 1. The maximum atomic E-state index is 13.4. The summed E-state index contributed by atoms with van der Waals surface area (Å²) in [6.45, 7) is 7.69. The zero-order valence-corrected chi connectivity index (χ0v) is 18.7. The van der Waals surface area contributed by atoms with Crippen LogP contribution < -0.4 is 5.32 Å². The molecule has 7 nitrogen and oxygen atoms in total. The van der Waals surface area contributed by atoms with E-state index in [4.69, 9.17) is 4.74 Å². The van der Waals surface area contributed by atoms with Crippen molar-refractivity contribution in [3.63, 3.8) is 0 Å². The van der Waals surface area contributed by atoms with Crippen LogP contribution in [0, 0.1) is 12.8 Å². The predicted octanol–water partition coefficient (Wildman–Crippen LogP) is 4.73. The molecule has 1 saturated heterocycles. The number of amides is 1. The van der Waals surface area contributed by atoms with Crippen molar-refractivity contribution in [2.24, 2.45) is 5.92 Å². The zero-order chi connectivity index (χ0) is 22.7. The summed E-state index contributed by atoms with van der Waals surface area (Å²) in [6.07, 6.45) is 3.76. The van der Waals surface area contributed by atoms with Crippen LogP contribution in [0.4, 0.5) is 11.4 Å². The number of fused-ring (bicyclic) bond motifs is 1. The monoisotopic (exact) mass is 432 g/mol. The quantitative estimate of drug-likeness (QED) is 0.587. The van der Waals surface area contributed by atoms with Crippen LogP contribution in [-0.4, -0.2) is 46.4 Å². The SMILES string of the molecule is CCOC(=O)c1ccc(Nc2c(C(=O)N3CCCC(C)C3)cnc3nc(C)ccc23)cc1. The van der Waals surface area contributed by atoms with E-state index in [1.807, 2.05) is 24.0 Å². The molecule has 3 heterocycles. The van der Waals surface area contributed by atoms with Gasteiger partial charge in [-0.15, -0.1) is 0 Å². The minimum Gasteiger partial charge on any atom is -0.462 e. The van der Waals surface area contributed by atoms with E-state index in [-0.39, 0.29) is 11.9 Å². The number of nitrogens with zero attached hydrogens (tertiary/aromatic N) is 3. The van der Waals surface area contributed by atoms with E-state index in [9.17, 15) is 9.59 Å². The molecule has 2 aromatic heterocycles. The van der Waals surface area contributed by atoms with Crippen LogP contribution in [0.25, 0.3) is 11.0 Å². The van der Waals surface area contributed by atoms with Gasteiger partial charge in [-0.3, -0.25) is 4.79 Å². The molecule has 7 heteroatoms. The molecule has 1 aliphatic heterocycles. The largest absolute Gasteiger partial charge is 0.462 e. The maximum Gasteiger partial charge on any atom is 0.338 e. The number of anilines is 2. The third-order valence-electron chi connectivity index (χ3n) is 5.71. The van der Waals surface area contributed by atoms with Gasteiger partial charge in [0.05, 0.1) is 23.4 Å². The third kappa shape index (κ3) is 4.56. The van der Waals surface area contributed by atoms with Crippen molar-refractivity contribution in [2.75, 3.05) is 25.0 Å². The second kappa shape index (κ2) is 9.34. The number of esters is 1. The highest BCUT2D eigenvalue weighted by molar-refractivity contribution is 6.07. The molecule has 0 spiro atoms. The Kier molecular flexibility index (Phi) is 6.35. The van der Waals surface area contributed by atoms with Crippen molar-refractivity contribution in [3.8, 4) is 0 Å². The molecule has 0 saturated carbocycles. The smallest absolute Gasteiger partial charge is 0.338 e. The van der Waals surface area contributed by atoms with E-state index in [2.05, 4.69) is 22.2 Å². The Morgan fingerprint density at radius 2 is 1.97 bits per heavy atom. The lowest BCUT2D eigenvalue weighted by molar-refractivity contribution is 0.0526. The van der Waals surface area contributed by atoms with Gasteiger partial charge in [0.1, 0.15) is 0 Å². The zero-order valence-electron chi connectivity index (χ0n) is 18.7. The highest BCUT2D eigenvalue weighted by Crippen LogP contribution is 2.31. The molecule has 1 N–H and O–H groups in total. The van der Waals surface area contributed by atoms with Gasteiger partial charge in [0.25, 0.3) is 5.91 Å². The molecule has 4 rings (SSSR count). The van der Waals surface area contributed by atoms with Gasteiger partial charge in [-0.25, -0.2) is 14.8 Å². The Morgan fingerprint density at radius 1 is 1.19 bits per heavy atom. The van der Waals surface area contributed by atoms with E-state index in [0.717, 1.165) is 42.7 Å². The summed E-state index contributed by atoms with van der Waals surface area (Å²) < 4.78 is 5.06. The number of carbonyl (C=O) groups excluding carboxylic acids is 2. The second-order valence-corrected chi connectivity index (χ2v) is 8.29. The van der Waals surface area contributed by atoms with Crippen LogP contribution in [0.2, 0.25) is 0 Å². The van der Waals surface area contributed by atoms with Crippen molar-refractivity contribution >= 4 is 34.3 Å². The summed E-state index contributed by atoms with van der Waals surface area (Å²) in [5.41, 5.74) is 3.87. The number of hydrogen-bond donors (Lipinski definition) is 1. The van der Waals surface area contributed by atoms with Gasteiger partial charge >= 0.3 is 5.97 Å². The minimum absolute atomic E-state index is 0.0304. The summed E-state index contributed by atoms with van der Waals surface area (Å²) in [5, 5.41) is 4.16. The molecule has 1 amide bonds. The standard InChI is InChI=1S/C25H28N4O3/c1-4-32-25(31)18-8-10-19(11-9-18)28-22-20-12-7-17(3)27-23(20)26-14-21(22)24(30)29-13-5-6-16(2)15-29/h7-12,14,16H,4-6,13,15H2,1-3H3,(H,26,27,28). The number of aryl methyl sites for hydroxylation is 1. The van der Waals surface area contributed by atoms with Crippen molar-refractivity contribution < 1.29 is 14.3 Å². The predicted molar refractivity (Wildman–Crippen MR) is 124 cm³/mol. The van der Waals surface area contributed by atoms with Gasteiger partial charge in [-0.2, -0.15) is 0 Å². The van der Waals surface area contributed by atoms with Crippen molar-refractivity contribution in [2.45, 2.75) is 33.6 Å². The van der Waals surface area contributed by atoms with Gasteiger partial charge < -0.3 is 15.0 Å². The van der Waals surface area contributed by atoms with Crippen LogP contribution >= 0.6 is 0 Å².